The first-order valence-electron chi connectivity index (χ1n) is 11.8. The third kappa shape index (κ3) is 5.01. The number of phenolic OH excluding ortho intramolecular Hbond substituents is 2. The van der Waals surface area contributed by atoms with Crippen LogP contribution in [0.2, 0.25) is 0 Å². The molecule has 4 aromatic rings. The summed E-state index contributed by atoms with van der Waals surface area (Å²) in [7, 11) is 2.14. The number of benzene rings is 3. The van der Waals surface area contributed by atoms with Crippen molar-refractivity contribution in [1.29, 1.82) is 0 Å². The van der Waals surface area contributed by atoms with E-state index in [1.165, 1.54) is 6.07 Å². The Balaban J connectivity index is 1.44. The Bertz CT molecular complexity index is 1370. The van der Waals surface area contributed by atoms with E-state index in [1.807, 2.05) is 30.3 Å². The highest BCUT2D eigenvalue weighted by Gasteiger charge is 2.15. The van der Waals surface area contributed by atoms with Crippen molar-refractivity contribution in [3.8, 4) is 34.2 Å². The van der Waals surface area contributed by atoms with E-state index >= 15 is 0 Å². The maximum Gasteiger partial charge on any atom is 0.263 e. The van der Waals surface area contributed by atoms with Crippen molar-refractivity contribution in [3.63, 3.8) is 0 Å². The van der Waals surface area contributed by atoms with Gasteiger partial charge in [-0.1, -0.05) is 6.07 Å². The molecular formula is C28H29N3O4. The van der Waals surface area contributed by atoms with Gasteiger partial charge in [-0.2, -0.15) is 0 Å². The van der Waals surface area contributed by atoms with Crippen LogP contribution in [0.4, 0.5) is 0 Å². The van der Waals surface area contributed by atoms with Crippen LogP contribution in [0.5, 0.6) is 17.2 Å². The van der Waals surface area contributed by atoms with Gasteiger partial charge in [0.25, 0.3) is 5.56 Å². The molecule has 0 radical (unpaired) electrons. The number of aromatic nitrogens is 1. The zero-order valence-electron chi connectivity index (χ0n) is 19.7. The van der Waals surface area contributed by atoms with Crippen LogP contribution < -0.4 is 10.3 Å². The highest BCUT2D eigenvalue weighted by atomic mass is 16.5. The van der Waals surface area contributed by atoms with Gasteiger partial charge in [-0.15, -0.1) is 0 Å². The standard InChI is InChI=1S/C28H29N3O4/c1-29-12-14-30(15-13-29)16-17-35-25-10-5-22(6-11-25)31-27(20-2-7-23(32)8-3-20)18-21-4-9-24(33)19-26(21)28(31)34/h2-11,18-19,32-33H,12-17H2,1H3. The SMILES string of the molecule is CN1CCN(CCOc2ccc(-n3c(-c4ccc(O)cc4)cc4ccc(O)cc4c3=O)cc2)CC1. The minimum atomic E-state index is -0.231. The van der Waals surface area contributed by atoms with E-state index in [9.17, 15) is 15.0 Å². The largest absolute Gasteiger partial charge is 0.508 e. The van der Waals surface area contributed by atoms with Crippen LogP contribution >= 0.6 is 0 Å². The Morgan fingerprint density at radius 1 is 0.829 bits per heavy atom. The Morgan fingerprint density at radius 3 is 2.23 bits per heavy atom. The van der Waals surface area contributed by atoms with Crippen molar-refractivity contribution < 1.29 is 14.9 Å². The number of piperazine rings is 1. The lowest BCUT2D eigenvalue weighted by molar-refractivity contribution is 0.134. The molecule has 0 saturated carbocycles. The lowest BCUT2D eigenvalue weighted by Gasteiger charge is -2.32. The van der Waals surface area contributed by atoms with E-state index in [-0.39, 0.29) is 17.1 Å². The molecule has 0 aliphatic carbocycles. The fraction of sp³-hybridized carbons (Fsp3) is 0.250. The number of likely N-dealkylation sites (N-methyl/N-ethyl adjacent to an activating group) is 1. The highest BCUT2D eigenvalue weighted by molar-refractivity contribution is 5.87. The lowest BCUT2D eigenvalue weighted by Crippen LogP contribution is -2.45. The smallest absolute Gasteiger partial charge is 0.263 e. The van der Waals surface area contributed by atoms with Crippen molar-refractivity contribution in [3.05, 3.63) is 83.2 Å². The molecule has 0 amide bonds. The van der Waals surface area contributed by atoms with Crippen molar-refractivity contribution in [2.24, 2.45) is 0 Å². The monoisotopic (exact) mass is 471 g/mol. The fourth-order valence-corrected chi connectivity index (χ4v) is 4.45. The van der Waals surface area contributed by atoms with Crippen LogP contribution in [0.15, 0.2) is 77.6 Å². The third-order valence-electron chi connectivity index (χ3n) is 6.53. The summed E-state index contributed by atoms with van der Waals surface area (Å²) in [5, 5.41) is 20.9. The molecule has 35 heavy (non-hydrogen) atoms. The fourth-order valence-electron chi connectivity index (χ4n) is 4.45. The number of fused-ring (bicyclic) bond motifs is 1. The molecular weight excluding hydrogens is 442 g/mol. The molecule has 0 atom stereocenters. The molecule has 2 N–H and O–H groups in total. The van der Waals surface area contributed by atoms with Crippen LogP contribution in [0.3, 0.4) is 0 Å². The summed E-state index contributed by atoms with van der Waals surface area (Å²) >= 11 is 0. The van der Waals surface area contributed by atoms with Gasteiger partial charge in [0.05, 0.1) is 11.1 Å². The summed E-state index contributed by atoms with van der Waals surface area (Å²) in [6, 6.07) is 21.0. The van der Waals surface area contributed by atoms with Crippen LogP contribution in [0, 0.1) is 0 Å². The quantitative estimate of drug-likeness (QED) is 0.447. The Hall–Kier alpha value is -3.81. The van der Waals surface area contributed by atoms with E-state index in [0.29, 0.717) is 23.4 Å². The molecule has 2 heterocycles. The van der Waals surface area contributed by atoms with Gasteiger partial charge in [0.2, 0.25) is 0 Å². The normalized spacial score (nSPS) is 14.9. The zero-order valence-corrected chi connectivity index (χ0v) is 19.7. The van der Waals surface area contributed by atoms with Gasteiger partial charge < -0.3 is 19.8 Å². The first-order valence-corrected chi connectivity index (χ1v) is 11.8. The second kappa shape index (κ2) is 9.82. The van der Waals surface area contributed by atoms with E-state index in [4.69, 9.17) is 4.74 Å². The van der Waals surface area contributed by atoms with E-state index < -0.39 is 0 Å². The topological polar surface area (TPSA) is 78.2 Å². The van der Waals surface area contributed by atoms with Crippen LogP contribution in [0.25, 0.3) is 27.7 Å². The first-order chi connectivity index (χ1) is 17.0. The molecule has 0 bridgehead atoms. The van der Waals surface area contributed by atoms with E-state index in [2.05, 4.69) is 16.8 Å². The van der Waals surface area contributed by atoms with Gasteiger partial charge in [-0.05, 0) is 84.7 Å². The average molecular weight is 472 g/mol. The summed E-state index contributed by atoms with van der Waals surface area (Å²) in [6.45, 7) is 5.76. The second-order valence-electron chi connectivity index (χ2n) is 8.98. The predicted octanol–water partition coefficient (Wildman–Crippen LogP) is 3.70. The van der Waals surface area contributed by atoms with Crippen molar-refractivity contribution in [1.82, 2.24) is 14.4 Å². The number of hydrogen-bond donors (Lipinski definition) is 2. The predicted molar refractivity (Wildman–Crippen MR) is 138 cm³/mol. The summed E-state index contributed by atoms with van der Waals surface area (Å²) in [6.07, 6.45) is 0. The maximum atomic E-state index is 13.6. The Labute approximate surface area is 204 Å². The molecule has 1 aromatic heterocycles. The van der Waals surface area contributed by atoms with E-state index in [1.54, 1.807) is 41.0 Å². The Morgan fingerprint density at radius 2 is 1.51 bits per heavy atom. The lowest BCUT2D eigenvalue weighted by atomic mass is 10.1. The molecule has 0 spiro atoms. The summed E-state index contributed by atoms with van der Waals surface area (Å²) in [5.74, 6) is 0.953. The highest BCUT2D eigenvalue weighted by Crippen LogP contribution is 2.28. The maximum absolute atomic E-state index is 13.6. The number of ether oxygens (including phenoxy) is 1. The van der Waals surface area contributed by atoms with Gasteiger partial charge >= 0.3 is 0 Å². The number of hydrogen-bond acceptors (Lipinski definition) is 6. The van der Waals surface area contributed by atoms with Crippen LogP contribution in [0.1, 0.15) is 0 Å². The van der Waals surface area contributed by atoms with Crippen LogP contribution in [-0.2, 0) is 0 Å². The first kappa shape index (κ1) is 23.0. The number of aromatic hydroxyl groups is 2. The van der Waals surface area contributed by atoms with Gasteiger partial charge in [0.15, 0.2) is 0 Å². The molecule has 1 aliphatic rings. The summed E-state index contributed by atoms with van der Waals surface area (Å²) in [4.78, 5) is 18.3. The minimum Gasteiger partial charge on any atom is -0.508 e. The zero-order chi connectivity index (χ0) is 24.4. The van der Waals surface area contributed by atoms with Gasteiger partial charge in [-0.25, -0.2) is 0 Å². The molecule has 3 aromatic carbocycles. The van der Waals surface area contributed by atoms with Gasteiger partial charge in [-0.3, -0.25) is 14.3 Å². The minimum absolute atomic E-state index is 0.0441. The summed E-state index contributed by atoms with van der Waals surface area (Å²) in [5.41, 5.74) is 1.94. The molecule has 180 valence electrons. The molecule has 1 saturated heterocycles. The molecule has 1 aliphatic heterocycles. The van der Waals surface area contributed by atoms with Crippen molar-refractivity contribution in [2.45, 2.75) is 0 Å². The average Bonchev–Trinajstić information content (AvgIpc) is 2.87. The molecule has 7 nitrogen and oxygen atoms in total. The molecule has 7 heteroatoms. The molecule has 5 rings (SSSR count). The molecule has 0 unspecified atom stereocenters. The second-order valence-corrected chi connectivity index (χ2v) is 8.98. The number of phenols is 2. The summed E-state index contributed by atoms with van der Waals surface area (Å²) < 4.78 is 7.59. The molecule has 1 fully saturated rings. The van der Waals surface area contributed by atoms with Crippen molar-refractivity contribution in [2.75, 3.05) is 46.4 Å². The van der Waals surface area contributed by atoms with Gasteiger partial charge in [0, 0.05) is 38.4 Å². The van der Waals surface area contributed by atoms with Crippen LogP contribution in [-0.4, -0.2) is 71.0 Å². The number of rotatable bonds is 6. The Kier molecular flexibility index (Phi) is 6.44. The number of pyridine rings is 1. The van der Waals surface area contributed by atoms with Crippen molar-refractivity contribution >= 4 is 10.8 Å². The third-order valence-corrected chi connectivity index (χ3v) is 6.53. The van der Waals surface area contributed by atoms with Gasteiger partial charge in [0.1, 0.15) is 23.9 Å². The van der Waals surface area contributed by atoms with E-state index in [0.717, 1.165) is 49.4 Å². The number of nitrogens with zero attached hydrogens (tertiary/aromatic N) is 3.